The number of hydrogen-bond donors (Lipinski definition) is 3. The van der Waals surface area contributed by atoms with Crippen LogP contribution in [0.25, 0.3) is 0 Å². The van der Waals surface area contributed by atoms with E-state index in [9.17, 15) is 14.4 Å². The lowest BCUT2D eigenvalue weighted by atomic mass is 10.1. The number of hydrogen-bond acceptors (Lipinski definition) is 3. The molecule has 1 aromatic carbocycles. The van der Waals surface area contributed by atoms with Gasteiger partial charge in [-0.3, -0.25) is 4.79 Å². The smallest absolute Gasteiger partial charge is 0.335 e. The summed E-state index contributed by atoms with van der Waals surface area (Å²) in [5.41, 5.74) is 1.04. The van der Waals surface area contributed by atoms with Gasteiger partial charge in [0.05, 0.1) is 11.6 Å². The molecule has 0 unspecified atom stereocenters. The quantitative estimate of drug-likeness (QED) is 0.748. The highest BCUT2D eigenvalue weighted by molar-refractivity contribution is 5.87. The van der Waals surface area contributed by atoms with Gasteiger partial charge in [0, 0.05) is 26.6 Å². The molecular weight excluding hydrogens is 274 g/mol. The van der Waals surface area contributed by atoms with E-state index < -0.39 is 5.97 Å². The van der Waals surface area contributed by atoms with Crippen LogP contribution in [0.2, 0.25) is 0 Å². The molecule has 0 spiro atoms. The minimum absolute atomic E-state index is 0.0306. The summed E-state index contributed by atoms with van der Waals surface area (Å²) < 4.78 is 0. The van der Waals surface area contributed by atoms with Crippen LogP contribution in [0.5, 0.6) is 0 Å². The van der Waals surface area contributed by atoms with Gasteiger partial charge in [-0.1, -0.05) is 12.1 Å². The zero-order valence-electron chi connectivity index (χ0n) is 11.6. The van der Waals surface area contributed by atoms with Crippen LogP contribution in [0.3, 0.4) is 0 Å². The largest absolute Gasteiger partial charge is 0.478 e. The zero-order valence-corrected chi connectivity index (χ0v) is 11.6. The maximum Gasteiger partial charge on any atom is 0.335 e. The minimum atomic E-state index is -0.977. The molecule has 0 aromatic heterocycles. The monoisotopic (exact) mass is 291 g/mol. The Morgan fingerprint density at radius 3 is 2.38 bits per heavy atom. The molecule has 1 fully saturated rings. The number of aromatic carboxylic acids is 1. The van der Waals surface area contributed by atoms with Crippen LogP contribution in [0, 0.1) is 0 Å². The highest BCUT2D eigenvalue weighted by Crippen LogP contribution is 2.09. The van der Waals surface area contributed by atoms with Crippen LogP contribution < -0.4 is 10.6 Å². The van der Waals surface area contributed by atoms with Crippen molar-refractivity contribution in [3.05, 3.63) is 35.4 Å². The first-order valence-electron chi connectivity index (χ1n) is 6.58. The predicted molar refractivity (Wildman–Crippen MR) is 74.8 cm³/mol. The maximum absolute atomic E-state index is 11.8. The Morgan fingerprint density at radius 1 is 1.24 bits per heavy atom. The summed E-state index contributed by atoms with van der Waals surface area (Å²) in [6, 6.07) is 6.17. The van der Waals surface area contributed by atoms with Gasteiger partial charge in [0.15, 0.2) is 0 Å². The molecule has 0 aliphatic carbocycles. The molecule has 1 heterocycles. The number of carbonyl (C=O) groups excluding carboxylic acids is 2. The van der Waals surface area contributed by atoms with E-state index in [1.54, 1.807) is 17.0 Å². The Bertz CT molecular complexity index is 550. The molecule has 2 rings (SSSR count). The third kappa shape index (κ3) is 3.95. The number of carbonyl (C=O) groups is 3. The van der Waals surface area contributed by atoms with Crippen molar-refractivity contribution in [3.63, 3.8) is 0 Å². The Morgan fingerprint density at radius 2 is 1.86 bits per heavy atom. The molecule has 1 aliphatic heterocycles. The van der Waals surface area contributed by atoms with Crippen molar-refractivity contribution in [1.29, 1.82) is 0 Å². The highest BCUT2D eigenvalue weighted by Gasteiger charge is 2.30. The van der Waals surface area contributed by atoms with Crippen LogP contribution in [-0.4, -0.2) is 47.0 Å². The van der Waals surface area contributed by atoms with Crippen molar-refractivity contribution in [2.24, 2.45) is 0 Å². The normalized spacial score (nSPS) is 14.2. The third-order valence-electron chi connectivity index (χ3n) is 3.22. The van der Waals surface area contributed by atoms with Crippen LogP contribution >= 0.6 is 0 Å². The number of amides is 3. The van der Waals surface area contributed by atoms with Crippen molar-refractivity contribution in [2.45, 2.75) is 19.5 Å². The fourth-order valence-corrected chi connectivity index (χ4v) is 2.08. The maximum atomic E-state index is 11.8. The van der Waals surface area contributed by atoms with E-state index in [2.05, 4.69) is 10.6 Å². The third-order valence-corrected chi connectivity index (χ3v) is 3.22. The van der Waals surface area contributed by atoms with Crippen LogP contribution in [0.15, 0.2) is 24.3 Å². The Kier molecular flexibility index (Phi) is 4.42. The molecule has 1 saturated heterocycles. The van der Waals surface area contributed by atoms with Gasteiger partial charge in [-0.25, -0.2) is 9.59 Å². The van der Waals surface area contributed by atoms with Gasteiger partial charge >= 0.3 is 12.0 Å². The molecule has 21 heavy (non-hydrogen) atoms. The molecule has 3 amide bonds. The Balaban J connectivity index is 1.75. The second-order valence-electron chi connectivity index (χ2n) is 4.96. The molecular formula is C14H17N3O4. The summed E-state index contributed by atoms with van der Waals surface area (Å²) in [5.74, 6) is -1.08. The van der Waals surface area contributed by atoms with Gasteiger partial charge in [-0.05, 0) is 17.7 Å². The van der Waals surface area contributed by atoms with Gasteiger partial charge in [-0.15, -0.1) is 0 Å². The first kappa shape index (κ1) is 14.8. The van der Waals surface area contributed by atoms with Gasteiger partial charge in [-0.2, -0.15) is 0 Å². The number of carboxylic acid groups (broad SMARTS) is 1. The van der Waals surface area contributed by atoms with E-state index in [-0.39, 0.29) is 23.5 Å². The first-order chi connectivity index (χ1) is 9.95. The standard InChI is InChI=1S/C14H17N3O4/c1-9(18)16-12-7-17(8-12)14(21)15-6-10-2-4-11(5-3-10)13(19)20/h2-5,12H,6-8H2,1H3,(H,15,21)(H,16,18)(H,19,20). The molecule has 7 heteroatoms. The summed E-state index contributed by atoms with van der Waals surface area (Å²) in [7, 11) is 0. The van der Waals surface area contributed by atoms with Crippen molar-refractivity contribution in [2.75, 3.05) is 13.1 Å². The summed E-state index contributed by atoms with van der Waals surface area (Å²) in [4.78, 5) is 35.0. The topological polar surface area (TPSA) is 98.7 Å². The second kappa shape index (κ2) is 6.25. The van der Waals surface area contributed by atoms with E-state index in [4.69, 9.17) is 5.11 Å². The predicted octanol–water partition coefficient (Wildman–Crippen LogP) is 0.415. The highest BCUT2D eigenvalue weighted by atomic mass is 16.4. The van der Waals surface area contributed by atoms with E-state index in [0.29, 0.717) is 19.6 Å². The molecule has 0 atom stereocenters. The average molecular weight is 291 g/mol. The van der Waals surface area contributed by atoms with E-state index in [1.165, 1.54) is 19.1 Å². The summed E-state index contributed by atoms with van der Waals surface area (Å²) >= 11 is 0. The molecule has 1 aromatic rings. The summed E-state index contributed by atoms with van der Waals surface area (Å²) in [6.45, 7) is 2.79. The fourth-order valence-electron chi connectivity index (χ4n) is 2.08. The van der Waals surface area contributed by atoms with Crippen molar-refractivity contribution < 1.29 is 19.5 Å². The number of likely N-dealkylation sites (tertiary alicyclic amines) is 1. The van der Waals surface area contributed by atoms with Crippen LogP contribution in [-0.2, 0) is 11.3 Å². The van der Waals surface area contributed by atoms with Gasteiger partial charge in [0.1, 0.15) is 0 Å². The molecule has 0 radical (unpaired) electrons. The summed E-state index contributed by atoms with van der Waals surface area (Å²) in [5, 5.41) is 14.3. The number of carboxylic acids is 1. The minimum Gasteiger partial charge on any atom is -0.478 e. The number of rotatable bonds is 4. The number of urea groups is 1. The lowest BCUT2D eigenvalue weighted by Gasteiger charge is -2.39. The molecule has 1 aliphatic rings. The summed E-state index contributed by atoms with van der Waals surface area (Å²) in [6.07, 6.45) is 0. The van der Waals surface area contributed by atoms with Gasteiger partial charge in [0.25, 0.3) is 0 Å². The fraction of sp³-hybridized carbons (Fsp3) is 0.357. The van der Waals surface area contributed by atoms with E-state index in [0.717, 1.165) is 5.56 Å². The second-order valence-corrected chi connectivity index (χ2v) is 4.96. The van der Waals surface area contributed by atoms with Crippen molar-refractivity contribution in [3.8, 4) is 0 Å². The molecule has 3 N–H and O–H groups in total. The average Bonchev–Trinajstić information content (AvgIpc) is 2.40. The van der Waals surface area contributed by atoms with Crippen molar-refractivity contribution in [1.82, 2.24) is 15.5 Å². The molecule has 0 saturated carbocycles. The van der Waals surface area contributed by atoms with Crippen LogP contribution in [0.1, 0.15) is 22.8 Å². The number of nitrogens with one attached hydrogen (secondary N) is 2. The van der Waals surface area contributed by atoms with E-state index in [1.807, 2.05) is 0 Å². The molecule has 7 nitrogen and oxygen atoms in total. The van der Waals surface area contributed by atoms with Gasteiger partial charge in [0.2, 0.25) is 5.91 Å². The van der Waals surface area contributed by atoms with Gasteiger partial charge < -0.3 is 20.6 Å². The Labute approximate surface area is 121 Å². The lowest BCUT2D eigenvalue weighted by Crippen LogP contribution is -2.62. The molecule has 0 bridgehead atoms. The number of benzene rings is 1. The van der Waals surface area contributed by atoms with Crippen molar-refractivity contribution >= 4 is 17.9 Å². The first-order valence-corrected chi connectivity index (χ1v) is 6.58. The molecule has 112 valence electrons. The lowest BCUT2D eigenvalue weighted by molar-refractivity contribution is -0.120. The SMILES string of the molecule is CC(=O)NC1CN(C(=O)NCc2ccc(C(=O)O)cc2)C1. The van der Waals surface area contributed by atoms with E-state index >= 15 is 0 Å². The zero-order chi connectivity index (χ0) is 15.4. The Hall–Kier alpha value is -2.57. The van der Waals surface area contributed by atoms with Crippen LogP contribution in [0.4, 0.5) is 4.79 Å². The number of nitrogens with zero attached hydrogens (tertiary/aromatic N) is 1.